The minimum Gasteiger partial charge on any atom is -0.301 e. The molecular formula is C11H24N2O. The van der Waals surface area contributed by atoms with Crippen LogP contribution in [0, 0.1) is 0 Å². The Bertz CT molecular complexity index is 171. The molecule has 0 amide bonds. The van der Waals surface area contributed by atoms with Crippen molar-refractivity contribution in [2.75, 3.05) is 13.1 Å². The first kappa shape index (κ1) is 12.0. The topological polar surface area (TPSA) is 38.5 Å². The maximum atomic E-state index is 5.29. The lowest BCUT2D eigenvalue weighted by Crippen LogP contribution is -2.44. The van der Waals surface area contributed by atoms with Gasteiger partial charge >= 0.3 is 0 Å². The fraction of sp³-hybridized carbons (Fsp3) is 1.00. The van der Waals surface area contributed by atoms with Crippen molar-refractivity contribution in [1.29, 1.82) is 0 Å². The van der Waals surface area contributed by atoms with E-state index in [0.717, 1.165) is 13.0 Å². The quantitative estimate of drug-likeness (QED) is 0.705. The first-order valence-electron chi connectivity index (χ1n) is 5.71. The fourth-order valence-corrected chi connectivity index (χ4v) is 2.32. The molecule has 14 heavy (non-hydrogen) atoms. The van der Waals surface area contributed by atoms with Crippen molar-refractivity contribution >= 4 is 0 Å². The lowest BCUT2D eigenvalue weighted by atomic mass is 9.91. The highest BCUT2D eigenvalue weighted by atomic mass is 16.6. The van der Waals surface area contributed by atoms with Crippen molar-refractivity contribution in [1.82, 2.24) is 4.90 Å². The lowest BCUT2D eigenvalue weighted by molar-refractivity contribution is -0.0472. The Balaban J connectivity index is 2.48. The van der Waals surface area contributed by atoms with Crippen LogP contribution in [-0.4, -0.2) is 29.6 Å². The minimum atomic E-state index is -0.185. The van der Waals surface area contributed by atoms with Gasteiger partial charge in [-0.15, -0.1) is 0 Å². The van der Waals surface area contributed by atoms with Crippen LogP contribution in [0.25, 0.3) is 0 Å². The van der Waals surface area contributed by atoms with Gasteiger partial charge in [0, 0.05) is 6.04 Å². The van der Waals surface area contributed by atoms with E-state index in [1.807, 2.05) is 0 Å². The summed E-state index contributed by atoms with van der Waals surface area (Å²) in [5.74, 6) is 5.29. The average Bonchev–Trinajstić information content (AvgIpc) is 2.18. The van der Waals surface area contributed by atoms with E-state index in [0.29, 0.717) is 6.04 Å². The first-order chi connectivity index (χ1) is 6.59. The molecule has 0 aromatic rings. The number of nitrogens with two attached hydrogens (primary N) is 1. The largest absolute Gasteiger partial charge is 0.301 e. The minimum absolute atomic E-state index is 0.185. The standard InChI is InChI=1S/C11H24N2O/c1-4-13-8-6-5-7-10(13)9-11(2,3)14-12/h10H,4-9,12H2,1-3H3. The van der Waals surface area contributed by atoms with Gasteiger partial charge in [-0.3, -0.25) is 4.84 Å². The molecule has 0 radical (unpaired) electrons. The SMILES string of the molecule is CCN1CCCCC1CC(C)(C)ON. The van der Waals surface area contributed by atoms with Gasteiger partial charge in [-0.2, -0.15) is 0 Å². The Morgan fingerprint density at radius 2 is 2.14 bits per heavy atom. The van der Waals surface area contributed by atoms with E-state index in [-0.39, 0.29) is 5.60 Å². The molecule has 0 saturated carbocycles. The van der Waals surface area contributed by atoms with E-state index in [4.69, 9.17) is 10.7 Å². The van der Waals surface area contributed by atoms with Gasteiger partial charge in [0.25, 0.3) is 0 Å². The predicted octanol–water partition coefficient (Wildman–Crippen LogP) is 1.92. The zero-order valence-corrected chi connectivity index (χ0v) is 9.75. The summed E-state index contributed by atoms with van der Waals surface area (Å²) in [4.78, 5) is 7.55. The molecule has 3 heteroatoms. The van der Waals surface area contributed by atoms with Crippen LogP contribution in [0.4, 0.5) is 0 Å². The molecule has 0 bridgehead atoms. The Labute approximate surface area is 87.6 Å². The summed E-state index contributed by atoms with van der Waals surface area (Å²) in [6.45, 7) is 8.74. The van der Waals surface area contributed by atoms with Crippen molar-refractivity contribution in [2.45, 2.75) is 58.1 Å². The van der Waals surface area contributed by atoms with Gasteiger partial charge in [-0.05, 0) is 46.2 Å². The van der Waals surface area contributed by atoms with Gasteiger partial charge < -0.3 is 4.90 Å². The Kier molecular flexibility index (Phi) is 4.35. The molecule has 1 aliphatic rings. The summed E-state index contributed by atoms with van der Waals surface area (Å²) in [6, 6.07) is 0.660. The first-order valence-corrected chi connectivity index (χ1v) is 5.71. The van der Waals surface area contributed by atoms with Gasteiger partial charge in [0.05, 0.1) is 5.60 Å². The number of nitrogens with zero attached hydrogens (tertiary/aromatic N) is 1. The molecule has 0 aromatic heterocycles. The van der Waals surface area contributed by atoms with E-state index in [9.17, 15) is 0 Å². The third kappa shape index (κ3) is 3.23. The maximum absolute atomic E-state index is 5.29. The summed E-state index contributed by atoms with van der Waals surface area (Å²) in [5, 5.41) is 0. The fourth-order valence-electron chi connectivity index (χ4n) is 2.32. The molecule has 1 rings (SSSR count). The van der Waals surface area contributed by atoms with Gasteiger partial charge in [0.1, 0.15) is 0 Å². The highest BCUT2D eigenvalue weighted by Crippen LogP contribution is 2.25. The van der Waals surface area contributed by atoms with Crippen LogP contribution in [-0.2, 0) is 4.84 Å². The number of piperidine rings is 1. The smallest absolute Gasteiger partial charge is 0.0852 e. The number of hydrogen-bond donors (Lipinski definition) is 1. The molecule has 0 spiro atoms. The second kappa shape index (κ2) is 5.10. The Hall–Kier alpha value is -0.120. The number of likely N-dealkylation sites (tertiary alicyclic amines) is 1. The highest BCUT2D eigenvalue weighted by molar-refractivity contribution is 4.82. The molecule has 1 unspecified atom stereocenters. The molecular weight excluding hydrogens is 176 g/mol. The summed E-state index contributed by atoms with van der Waals surface area (Å²) in [7, 11) is 0. The summed E-state index contributed by atoms with van der Waals surface area (Å²) >= 11 is 0. The van der Waals surface area contributed by atoms with Crippen LogP contribution in [0.1, 0.15) is 46.5 Å². The monoisotopic (exact) mass is 200 g/mol. The van der Waals surface area contributed by atoms with E-state index in [2.05, 4.69) is 25.7 Å². The molecule has 0 aliphatic carbocycles. The normalized spacial score (nSPS) is 25.3. The second-order valence-corrected chi connectivity index (χ2v) is 4.86. The van der Waals surface area contributed by atoms with Crippen LogP contribution < -0.4 is 5.90 Å². The highest BCUT2D eigenvalue weighted by Gasteiger charge is 2.28. The molecule has 0 aromatic carbocycles. The zero-order chi connectivity index (χ0) is 10.6. The van der Waals surface area contributed by atoms with Crippen LogP contribution in [0.2, 0.25) is 0 Å². The lowest BCUT2D eigenvalue weighted by Gasteiger charge is -2.38. The molecule has 2 N–H and O–H groups in total. The summed E-state index contributed by atoms with van der Waals surface area (Å²) < 4.78 is 0. The van der Waals surface area contributed by atoms with E-state index in [1.165, 1.54) is 25.8 Å². The number of hydrogen-bond acceptors (Lipinski definition) is 3. The third-order valence-electron chi connectivity index (χ3n) is 3.20. The van der Waals surface area contributed by atoms with Gasteiger partial charge in [-0.1, -0.05) is 13.3 Å². The Morgan fingerprint density at radius 1 is 1.43 bits per heavy atom. The molecule has 3 nitrogen and oxygen atoms in total. The summed E-state index contributed by atoms with van der Waals surface area (Å²) in [5.41, 5.74) is -0.185. The number of rotatable bonds is 4. The molecule has 1 saturated heterocycles. The molecule has 1 fully saturated rings. The third-order valence-corrected chi connectivity index (χ3v) is 3.20. The molecule has 1 atom stereocenters. The van der Waals surface area contributed by atoms with Crippen molar-refractivity contribution < 1.29 is 4.84 Å². The van der Waals surface area contributed by atoms with Crippen LogP contribution in [0.3, 0.4) is 0 Å². The molecule has 1 heterocycles. The van der Waals surface area contributed by atoms with Crippen molar-refractivity contribution in [2.24, 2.45) is 5.90 Å². The van der Waals surface area contributed by atoms with Gasteiger partial charge in [-0.25, -0.2) is 5.90 Å². The van der Waals surface area contributed by atoms with E-state index >= 15 is 0 Å². The van der Waals surface area contributed by atoms with Crippen LogP contribution >= 0.6 is 0 Å². The van der Waals surface area contributed by atoms with Crippen LogP contribution in [0.15, 0.2) is 0 Å². The summed E-state index contributed by atoms with van der Waals surface area (Å²) in [6.07, 6.45) is 5.02. The van der Waals surface area contributed by atoms with Crippen LogP contribution in [0.5, 0.6) is 0 Å². The van der Waals surface area contributed by atoms with E-state index < -0.39 is 0 Å². The average molecular weight is 200 g/mol. The predicted molar refractivity (Wildman–Crippen MR) is 58.9 cm³/mol. The maximum Gasteiger partial charge on any atom is 0.0852 e. The second-order valence-electron chi connectivity index (χ2n) is 4.86. The Morgan fingerprint density at radius 3 is 2.71 bits per heavy atom. The zero-order valence-electron chi connectivity index (χ0n) is 9.75. The van der Waals surface area contributed by atoms with Crippen molar-refractivity contribution in [3.8, 4) is 0 Å². The molecule has 84 valence electrons. The van der Waals surface area contributed by atoms with Crippen molar-refractivity contribution in [3.63, 3.8) is 0 Å². The van der Waals surface area contributed by atoms with E-state index in [1.54, 1.807) is 0 Å². The van der Waals surface area contributed by atoms with Gasteiger partial charge in [0.2, 0.25) is 0 Å². The van der Waals surface area contributed by atoms with Gasteiger partial charge in [0.15, 0.2) is 0 Å². The van der Waals surface area contributed by atoms with Crippen molar-refractivity contribution in [3.05, 3.63) is 0 Å². The molecule has 1 aliphatic heterocycles.